The van der Waals surface area contributed by atoms with Crippen molar-refractivity contribution in [3.8, 4) is 5.75 Å². The van der Waals surface area contributed by atoms with Crippen molar-refractivity contribution in [2.45, 2.75) is 6.42 Å². The zero-order chi connectivity index (χ0) is 13.2. The molecule has 2 aromatic rings. The maximum atomic E-state index is 12.4. The van der Waals surface area contributed by atoms with Crippen LogP contribution in [0.4, 0.5) is 5.69 Å². The molecule has 0 saturated carbocycles. The third kappa shape index (κ3) is 2.67. The number of anilines is 1. The van der Waals surface area contributed by atoms with Crippen LogP contribution in [-0.4, -0.2) is 18.9 Å². The monoisotopic (exact) mass is 337 g/mol. The first-order valence-corrected chi connectivity index (χ1v) is 7.67. The zero-order valence-electron chi connectivity index (χ0n) is 10.1. The quantitative estimate of drug-likeness (QED) is 0.867. The van der Waals surface area contributed by atoms with Crippen molar-refractivity contribution in [1.82, 2.24) is 0 Å². The molecule has 1 aliphatic heterocycles. The number of Topliss-reactive ketones (excluding diaryl/α,β-unsaturated/α-hetero) is 1. The molecule has 0 saturated heterocycles. The zero-order valence-corrected chi connectivity index (χ0v) is 12.5. The molecule has 3 rings (SSSR count). The molecular weight excluding hydrogens is 326 g/mol. The summed E-state index contributed by atoms with van der Waals surface area (Å²) in [5.74, 6) is 0.782. The van der Waals surface area contributed by atoms with Gasteiger partial charge in [0.1, 0.15) is 6.61 Å². The van der Waals surface area contributed by atoms with E-state index < -0.39 is 0 Å². The molecule has 0 atom stereocenters. The van der Waals surface area contributed by atoms with E-state index in [1.807, 2.05) is 29.6 Å². The summed E-state index contributed by atoms with van der Waals surface area (Å²) in [6.45, 7) is 1.38. The first-order valence-electron chi connectivity index (χ1n) is 6.00. The van der Waals surface area contributed by atoms with E-state index in [1.54, 1.807) is 11.3 Å². The van der Waals surface area contributed by atoms with Gasteiger partial charge >= 0.3 is 0 Å². The van der Waals surface area contributed by atoms with Crippen molar-refractivity contribution in [2.75, 3.05) is 18.5 Å². The van der Waals surface area contributed by atoms with E-state index in [0.717, 1.165) is 21.6 Å². The Morgan fingerprint density at radius 2 is 2.37 bits per heavy atom. The molecule has 0 bridgehead atoms. The number of carbonyl (C=O) groups is 1. The van der Waals surface area contributed by atoms with E-state index >= 15 is 0 Å². The molecule has 0 aliphatic carbocycles. The topological polar surface area (TPSA) is 38.3 Å². The normalized spacial score (nSPS) is 13.3. The van der Waals surface area contributed by atoms with Gasteiger partial charge in [0.05, 0.1) is 11.3 Å². The van der Waals surface area contributed by atoms with Gasteiger partial charge in [0.2, 0.25) is 0 Å². The third-order valence-corrected chi connectivity index (χ3v) is 4.63. The summed E-state index contributed by atoms with van der Waals surface area (Å²) >= 11 is 4.99. The predicted octanol–water partition coefficient (Wildman–Crippen LogP) is 3.74. The van der Waals surface area contributed by atoms with Gasteiger partial charge in [-0.3, -0.25) is 4.79 Å². The number of carbonyl (C=O) groups excluding carboxylic acids is 1. The lowest BCUT2D eigenvalue weighted by atomic mass is 10.0. The molecule has 1 aliphatic rings. The van der Waals surface area contributed by atoms with Crippen molar-refractivity contribution in [1.29, 1.82) is 0 Å². The molecule has 2 heterocycles. The van der Waals surface area contributed by atoms with Crippen LogP contribution in [0.25, 0.3) is 0 Å². The minimum absolute atomic E-state index is 0.0925. The SMILES string of the molecule is O=C(Cc1cc(Br)cs1)c1cccc2c1OCCN2. The highest BCUT2D eigenvalue weighted by molar-refractivity contribution is 9.10. The van der Waals surface area contributed by atoms with Crippen LogP contribution in [0.15, 0.2) is 34.1 Å². The van der Waals surface area contributed by atoms with Crippen molar-refractivity contribution >= 4 is 38.7 Å². The first-order chi connectivity index (χ1) is 9.24. The molecule has 1 aromatic carbocycles. The van der Waals surface area contributed by atoms with Gasteiger partial charge in [-0.25, -0.2) is 0 Å². The number of fused-ring (bicyclic) bond motifs is 1. The van der Waals surface area contributed by atoms with Crippen LogP contribution in [-0.2, 0) is 6.42 Å². The second-order valence-corrected chi connectivity index (χ2v) is 6.20. The lowest BCUT2D eigenvalue weighted by Gasteiger charge is -2.21. The maximum Gasteiger partial charge on any atom is 0.171 e. The summed E-state index contributed by atoms with van der Waals surface area (Å²) in [7, 11) is 0. The van der Waals surface area contributed by atoms with Gasteiger partial charge in [0.15, 0.2) is 11.5 Å². The number of thiophene rings is 1. The van der Waals surface area contributed by atoms with E-state index in [1.165, 1.54) is 0 Å². The van der Waals surface area contributed by atoms with Crippen LogP contribution in [0, 0.1) is 0 Å². The second-order valence-electron chi connectivity index (χ2n) is 4.29. The van der Waals surface area contributed by atoms with Crippen LogP contribution < -0.4 is 10.1 Å². The van der Waals surface area contributed by atoms with Gasteiger partial charge in [-0.15, -0.1) is 11.3 Å². The molecule has 19 heavy (non-hydrogen) atoms. The fraction of sp³-hybridized carbons (Fsp3) is 0.214. The van der Waals surface area contributed by atoms with Crippen molar-refractivity contribution in [3.63, 3.8) is 0 Å². The number of halogens is 1. The smallest absolute Gasteiger partial charge is 0.171 e. The molecule has 0 spiro atoms. The summed E-state index contributed by atoms with van der Waals surface area (Å²) in [4.78, 5) is 13.4. The Morgan fingerprint density at radius 3 is 3.16 bits per heavy atom. The number of para-hydroxylation sites is 1. The summed E-state index contributed by atoms with van der Waals surface area (Å²) in [5.41, 5.74) is 1.57. The molecule has 1 N–H and O–H groups in total. The second kappa shape index (κ2) is 5.35. The summed E-state index contributed by atoms with van der Waals surface area (Å²) in [6.07, 6.45) is 0.413. The Morgan fingerprint density at radius 1 is 1.47 bits per heavy atom. The third-order valence-electron chi connectivity index (χ3n) is 2.94. The van der Waals surface area contributed by atoms with E-state index in [4.69, 9.17) is 4.74 Å². The number of hydrogen-bond donors (Lipinski definition) is 1. The molecule has 0 unspecified atom stereocenters. The highest BCUT2D eigenvalue weighted by atomic mass is 79.9. The standard InChI is InChI=1S/C14H12BrNO2S/c15-9-6-10(19-8-9)7-13(17)11-2-1-3-12-14(11)18-5-4-16-12/h1-3,6,8,16H,4-5,7H2. The van der Waals surface area contributed by atoms with E-state index in [2.05, 4.69) is 21.2 Å². The number of nitrogens with one attached hydrogen (secondary N) is 1. The van der Waals surface area contributed by atoms with Crippen LogP contribution in [0.3, 0.4) is 0 Å². The first kappa shape index (κ1) is 12.7. The molecule has 5 heteroatoms. The summed E-state index contributed by atoms with van der Waals surface area (Å²) in [6, 6.07) is 7.64. The average molecular weight is 338 g/mol. The Hall–Kier alpha value is -1.33. The molecule has 0 fully saturated rings. The number of rotatable bonds is 3. The Balaban J connectivity index is 1.87. The summed E-state index contributed by atoms with van der Waals surface area (Å²) in [5, 5.41) is 5.23. The van der Waals surface area contributed by atoms with Crippen LogP contribution in [0.2, 0.25) is 0 Å². The molecule has 3 nitrogen and oxygen atoms in total. The highest BCUT2D eigenvalue weighted by Crippen LogP contribution is 2.32. The number of ketones is 1. The maximum absolute atomic E-state index is 12.4. The number of hydrogen-bond acceptors (Lipinski definition) is 4. The van der Waals surface area contributed by atoms with Gasteiger partial charge in [-0.2, -0.15) is 0 Å². The van der Waals surface area contributed by atoms with Crippen LogP contribution in [0.5, 0.6) is 5.75 Å². The minimum atomic E-state index is 0.0925. The van der Waals surface area contributed by atoms with Gasteiger partial charge in [-0.05, 0) is 34.1 Å². The fourth-order valence-electron chi connectivity index (χ4n) is 2.09. The molecule has 0 radical (unpaired) electrons. The molecular formula is C14H12BrNO2S. The highest BCUT2D eigenvalue weighted by Gasteiger charge is 2.19. The van der Waals surface area contributed by atoms with Gasteiger partial charge < -0.3 is 10.1 Å². The fourth-order valence-corrected chi connectivity index (χ4v) is 3.54. The number of benzene rings is 1. The van der Waals surface area contributed by atoms with Gasteiger partial charge in [0, 0.05) is 27.7 Å². The van der Waals surface area contributed by atoms with E-state index in [0.29, 0.717) is 24.3 Å². The largest absolute Gasteiger partial charge is 0.489 e. The van der Waals surface area contributed by atoms with Crippen LogP contribution >= 0.6 is 27.3 Å². The number of ether oxygens (including phenoxy) is 1. The van der Waals surface area contributed by atoms with E-state index in [-0.39, 0.29) is 5.78 Å². The lowest BCUT2D eigenvalue weighted by molar-refractivity contribution is 0.0990. The van der Waals surface area contributed by atoms with Crippen molar-refractivity contribution in [3.05, 3.63) is 44.6 Å². The average Bonchev–Trinajstić information content (AvgIpc) is 2.83. The Bertz CT molecular complexity index is 624. The Labute approximate surface area is 123 Å². The Kier molecular flexibility index (Phi) is 3.57. The molecule has 0 amide bonds. The van der Waals surface area contributed by atoms with Crippen LogP contribution in [0.1, 0.15) is 15.2 Å². The van der Waals surface area contributed by atoms with Crippen molar-refractivity contribution in [2.24, 2.45) is 0 Å². The van der Waals surface area contributed by atoms with Gasteiger partial charge in [0.25, 0.3) is 0 Å². The lowest BCUT2D eigenvalue weighted by Crippen LogP contribution is -2.20. The molecule has 1 aromatic heterocycles. The predicted molar refractivity (Wildman–Crippen MR) is 80.5 cm³/mol. The van der Waals surface area contributed by atoms with Gasteiger partial charge in [-0.1, -0.05) is 6.07 Å². The molecule has 98 valence electrons. The van der Waals surface area contributed by atoms with E-state index in [9.17, 15) is 4.79 Å². The van der Waals surface area contributed by atoms with Crippen molar-refractivity contribution < 1.29 is 9.53 Å². The summed E-state index contributed by atoms with van der Waals surface area (Å²) < 4.78 is 6.65. The minimum Gasteiger partial charge on any atom is -0.489 e.